The summed E-state index contributed by atoms with van der Waals surface area (Å²) in [5.41, 5.74) is 1.99. The number of hydrogen-bond acceptors (Lipinski definition) is 4. The van der Waals surface area contributed by atoms with Crippen molar-refractivity contribution in [3.05, 3.63) is 62.3 Å². The third-order valence-electron chi connectivity index (χ3n) is 3.23. The van der Waals surface area contributed by atoms with Gasteiger partial charge in [-0.1, -0.05) is 34.1 Å². The monoisotopic (exact) mass is 407 g/mol. The van der Waals surface area contributed by atoms with Crippen molar-refractivity contribution in [3.8, 4) is 0 Å². The van der Waals surface area contributed by atoms with E-state index in [1.54, 1.807) is 24.3 Å². The highest BCUT2D eigenvalue weighted by molar-refractivity contribution is 9.10. The zero-order valence-electron chi connectivity index (χ0n) is 13.4. The molecule has 0 unspecified atom stereocenters. The molecule has 0 fully saturated rings. The third kappa shape index (κ3) is 5.62. The molecule has 0 spiro atoms. The van der Waals surface area contributed by atoms with Gasteiger partial charge < -0.3 is 10.1 Å². The number of carbonyl (C=O) groups is 2. The van der Waals surface area contributed by atoms with Crippen molar-refractivity contribution in [1.82, 2.24) is 5.32 Å². The van der Waals surface area contributed by atoms with E-state index in [0.717, 1.165) is 20.5 Å². The van der Waals surface area contributed by atoms with Crippen LogP contribution in [0.3, 0.4) is 0 Å². The topological polar surface area (TPSA) is 55.4 Å². The highest BCUT2D eigenvalue weighted by Crippen LogP contribution is 2.19. The van der Waals surface area contributed by atoms with E-state index >= 15 is 0 Å². The van der Waals surface area contributed by atoms with E-state index in [0.29, 0.717) is 6.54 Å². The molecule has 2 rings (SSSR count). The van der Waals surface area contributed by atoms with Crippen LogP contribution in [0.1, 0.15) is 22.9 Å². The first-order chi connectivity index (χ1) is 11.5. The molecule has 0 radical (unpaired) electrons. The Hall–Kier alpha value is -1.92. The normalized spacial score (nSPS) is 12.1. The average Bonchev–Trinajstić information content (AvgIpc) is 3.05. The summed E-state index contributed by atoms with van der Waals surface area (Å²) in [6.07, 6.45) is 2.13. The zero-order chi connectivity index (χ0) is 17.5. The van der Waals surface area contributed by atoms with Gasteiger partial charge in [0.2, 0.25) is 0 Å². The minimum atomic E-state index is -0.844. The number of carbonyl (C=O) groups excluding carboxylic acids is 2. The fourth-order valence-electron chi connectivity index (χ4n) is 1.92. The lowest BCUT2D eigenvalue weighted by molar-refractivity contribution is -0.150. The van der Waals surface area contributed by atoms with Crippen molar-refractivity contribution >= 4 is 45.2 Å². The Balaban J connectivity index is 1.84. The molecule has 0 aliphatic heterocycles. The Morgan fingerprint density at radius 3 is 2.83 bits per heavy atom. The van der Waals surface area contributed by atoms with E-state index in [9.17, 15) is 9.59 Å². The average molecular weight is 408 g/mol. The summed E-state index contributed by atoms with van der Waals surface area (Å²) in [5, 5.41) is 4.69. The molecule has 1 aromatic carbocycles. The molecule has 126 valence electrons. The molecule has 24 heavy (non-hydrogen) atoms. The minimum Gasteiger partial charge on any atom is -0.449 e. The molecule has 0 aliphatic carbocycles. The van der Waals surface area contributed by atoms with Gasteiger partial charge in [0, 0.05) is 15.4 Å². The van der Waals surface area contributed by atoms with Crippen LogP contribution >= 0.6 is 27.3 Å². The van der Waals surface area contributed by atoms with Crippen LogP contribution in [0.4, 0.5) is 0 Å². The zero-order valence-corrected chi connectivity index (χ0v) is 15.8. The third-order valence-corrected chi connectivity index (χ3v) is 4.80. The standard InChI is InChI=1S/C18H18BrNO3S/c1-12-5-6-14(16(19)10-12)7-8-17(21)23-13(2)18(22)20-11-15-4-3-9-24-15/h3-10,13H,11H2,1-2H3,(H,20,22)/b8-7+/t13-/m1/s1. The second kappa shape index (κ2) is 8.80. The quantitative estimate of drug-likeness (QED) is 0.579. The van der Waals surface area contributed by atoms with Crippen LogP contribution in [0.15, 0.2) is 46.3 Å². The second-order valence-corrected chi connectivity index (χ2v) is 7.12. The summed E-state index contributed by atoms with van der Waals surface area (Å²) >= 11 is 5.00. The van der Waals surface area contributed by atoms with Crippen molar-refractivity contribution in [2.24, 2.45) is 0 Å². The molecule has 1 heterocycles. The van der Waals surface area contributed by atoms with Gasteiger partial charge in [0.1, 0.15) is 0 Å². The first-order valence-electron chi connectivity index (χ1n) is 7.40. The highest BCUT2D eigenvalue weighted by atomic mass is 79.9. The molecule has 0 bridgehead atoms. The SMILES string of the molecule is Cc1ccc(/C=C/C(=O)O[C@H](C)C(=O)NCc2cccs2)c(Br)c1. The number of amides is 1. The Kier molecular flexibility index (Phi) is 6.75. The van der Waals surface area contributed by atoms with Crippen LogP contribution in [-0.4, -0.2) is 18.0 Å². The van der Waals surface area contributed by atoms with Crippen LogP contribution in [0.2, 0.25) is 0 Å². The van der Waals surface area contributed by atoms with Crippen LogP contribution in [-0.2, 0) is 20.9 Å². The Bertz CT molecular complexity index is 741. The van der Waals surface area contributed by atoms with Gasteiger partial charge in [0.25, 0.3) is 5.91 Å². The molecule has 0 saturated carbocycles. The Morgan fingerprint density at radius 1 is 1.38 bits per heavy atom. The number of aryl methyl sites for hydroxylation is 1. The van der Waals surface area contributed by atoms with Gasteiger partial charge in [0.15, 0.2) is 6.10 Å². The maximum atomic E-state index is 11.9. The number of benzene rings is 1. The molecule has 1 amide bonds. The summed E-state index contributed by atoms with van der Waals surface area (Å²) in [6.45, 7) is 3.98. The molecule has 1 N–H and O–H groups in total. The molecule has 0 aliphatic rings. The number of esters is 1. The minimum absolute atomic E-state index is 0.318. The van der Waals surface area contributed by atoms with E-state index in [-0.39, 0.29) is 5.91 Å². The Morgan fingerprint density at radius 2 is 2.17 bits per heavy atom. The van der Waals surface area contributed by atoms with E-state index in [4.69, 9.17) is 4.74 Å². The smallest absolute Gasteiger partial charge is 0.331 e. The van der Waals surface area contributed by atoms with Crippen LogP contribution in [0.25, 0.3) is 6.08 Å². The maximum absolute atomic E-state index is 11.9. The van der Waals surface area contributed by atoms with Crippen LogP contribution < -0.4 is 5.32 Å². The van der Waals surface area contributed by atoms with Crippen LogP contribution in [0.5, 0.6) is 0 Å². The highest BCUT2D eigenvalue weighted by Gasteiger charge is 2.16. The molecular formula is C18H18BrNO3S. The number of hydrogen-bond donors (Lipinski definition) is 1. The van der Waals surface area contributed by atoms with E-state index < -0.39 is 12.1 Å². The fraction of sp³-hybridized carbons (Fsp3) is 0.222. The van der Waals surface area contributed by atoms with E-state index in [1.807, 2.05) is 42.6 Å². The van der Waals surface area contributed by atoms with Gasteiger partial charge in [-0.3, -0.25) is 4.79 Å². The summed E-state index contributed by atoms with van der Waals surface area (Å²) in [7, 11) is 0. The summed E-state index contributed by atoms with van der Waals surface area (Å²) in [5.74, 6) is -0.872. The van der Waals surface area contributed by atoms with Crippen molar-refractivity contribution in [3.63, 3.8) is 0 Å². The Labute approximate surface area is 153 Å². The molecule has 6 heteroatoms. The first kappa shape index (κ1) is 18.4. The van der Waals surface area contributed by atoms with Gasteiger partial charge in [-0.05, 0) is 48.6 Å². The van der Waals surface area contributed by atoms with Crippen molar-refractivity contribution in [1.29, 1.82) is 0 Å². The lowest BCUT2D eigenvalue weighted by Crippen LogP contribution is -2.34. The first-order valence-corrected chi connectivity index (χ1v) is 9.08. The van der Waals surface area contributed by atoms with Gasteiger partial charge in [-0.2, -0.15) is 0 Å². The second-order valence-electron chi connectivity index (χ2n) is 5.23. The summed E-state index contributed by atoms with van der Waals surface area (Å²) in [6, 6.07) is 9.68. The van der Waals surface area contributed by atoms with Gasteiger partial charge in [0.05, 0.1) is 6.54 Å². The van der Waals surface area contributed by atoms with E-state index in [1.165, 1.54) is 6.08 Å². The number of ether oxygens (including phenoxy) is 1. The van der Waals surface area contributed by atoms with Crippen LogP contribution in [0, 0.1) is 6.92 Å². The molecule has 2 aromatic rings. The predicted molar refractivity (Wildman–Crippen MR) is 99.6 cm³/mol. The number of nitrogens with one attached hydrogen (secondary N) is 1. The number of halogens is 1. The molecule has 0 saturated heterocycles. The molecular weight excluding hydrogens is 390 g/mol. The van der Waals surface area contributed by atoms with Crippen molar-refractivity contribution in [2.45, 2.75) is 26.5 Å². The van der Waals surface area contributed by atoms with Gasteiger partial charge in [-0.25, -0.2) is 4.79 Å². The van der Waals surface area contributed by atoms with Crippen molar-refractivity contribution < 1.29 is 14.3 Å². The summed E-state index contributed by atoms with van der Waals surface area (Å²) < 4.78 is 6.01. The molecule has 1 atom stereocenters. The lowest BCUT2D eigenvalue weighted by atomic mass is 10.1. The molecule has 1 aromatic heterocycles. The number of thiophene rings is 1. The largest absolute Gasteiger partial charge is 0.449 e. The van der Waals surface area contributed by atoms with E-state index in [2.05, 4.69) is 21.2 Å². The predicted octanol–water partition coefficient (Wildman–Crippen LogP) is 4.08. The lowest BCUT2D eigenvalue weighted by Gasteiger charge is -2.11. The number of rotatable bonds is 6. The summed E-state index contributed by atoms with van der Waals surface area (Å²) in [4.78, 5) is 24.8. The fourth-order valence-corrected chi connectivity index (χ4v) is 3.19. The maximum Gasteiger partial charge on any atom is 0.331 e. The van der Waals surface area contributed by atoms with Gasteiger partial charge >= 0.3 is 5.97 Å². The van der Waals surface area contributed by atoms with Gasteiger partial charge in [-0.15, -0.1) is 11.3 Å². The molecule has 4 nitrogen and oxygen atoms in total. The van der Waals surface area contributed by atoms with Crippen molar-refractivity contribution in [2.75, 3.05) is 0 Å².